The number of hydrogen-bond donors (Lipinski definition) is 0. The molecule has 17 heavy (non-hydrogen) atoms. The number of carbonyl (C=O) groups is 1. The van der Waals surface area contributed by atoms with E-state index in [-0.39, 0.29) is 18.1 Å². The molecular formula is C14H19NO2. The minimum Gasteiger partial charge on any atom is -0.465 e. The molecular weight excluding hydrogens is 214 g/mol. The van der Waals surface area contributed by atoms with Crippen LogP contribution in [0.15, 0.2) is 30.3 Å². The van der Waals surface area contributed by atoms with Crippen LogP contribution in [0.4, 0.5) is 0 Å². The summed E-state index contributed by atoms with van der Waals surface area (Å²) >= 11 is 0. The van der Waals surface area contributed by atoms with E-state index in [1.807, 2.05) is 25.1 Å². The first kappa shape index (κ1) is 12.1. The summed E-state index contributed by atoms with van der Waals surface area (Å²) in [5.74, 6) is -0.0819. The highest BCUT2D eigenvalue weighted by atomic mass is 16.5. The molecule has 0 bridgehead atoms. The molecule has 3 nitrogen and oxygen atoms in total. The zero-order chi connectivity index (χ0) is 12.3. The van der Waals surface area contributed by atoms with Crippen molar-refractivity contribution in [1.82, 2.24) is 4.90 Å². The number of carbonyl (C=O) groups excluding carboxylic acids is 1. The first-order chi connectivity index (χ1) is 8.24. The van der Waals surface area contributed by atoms with E-state index in [1.165, 1.54) is 5.56 Å². The Kier molecular flexibility index (Phi) is 3.79. The van der Waals surface area contributed by atoms with Gasteiger partial charge in [-0.2, -0.15) is 0 Å². The molecule has 0 spiro atoms. The van der Waals surface area contributed by atoms with Crippen molar-refractivity contribution in [3.8, 4) is 0 Å². The number of likely N-dealkylation sites (tertiary alicyclic amines) is 1. The van der Waals surface area contributed by atoms with Crippen LogP contribution in [-0.2, 0) is 9.53 Å². The second-order valence-corrected chi connectivity index (χ2v) is 4.38. The van der Waals surface area contributed by atoms with Crippen LogP contribution in [0, 0.1) is 0 Å². The number of benzene rings is 1. The van der Waals surface area contributed by atoms with Crippen LogP contribution in [0.25, 0.3) is 0 Å². The lowest BCUT2D eigenvalue weighted by Gasteiger charge is -2.43. The third-order valence-electron chi connectivity index (χ3n) is 3.40. The Morgan fingerprint density at radius 3 is 2.71 bits per heavy atom. The van der Waals surface area contributed by atoms with Crippen LogP contribution >= 0.6 is 0 Å². The average Bonchev–Trinajstić information content (AvgIpc) is 2.29. The fraction of sp³-hybridized carbons (Fsp3) is 0.500. The summed E-state index contributed by atoms with van der Waals surface area (Å²) in [7, 11) is 0. The van der Waals surface area contributed by atoms with Gasteiger partial charge in [-0.05, 0) is 25.8 Å². The van der Waals surface area contributed by atoms with E-state index in [4.69, 9.17) is 4.74 Å². The van der Waals surface area contributed by atoms with Crippen molar-refractivity contribution >= 4 is 5.97 Å². The molecule has 1 aliphatic heterocycles. The summed E-state index contributed by atoms with van der Waals surface area (Å²) in [5.41, 5.74) is 1.25. The third kappa shape index (κ3) is 2.50. The molecule has 1 fully saturated rings. The van der Waals surface area contributed by atoms with Gasteiger partial charge in [-0.25, -0.2) is 0 Å². The van der Waals surface area contributed by atoms with E-state index in [2.05, 4.69) is 24.0 Å². The number of hydrogen-bond acceptors (Lipinski definition) is 3. The van der Waals surface area contributed by atoms with Crippen LogP contribution in [0.5, 0.6) is 0 Å². The zero-order valence-electron chi connectivity index (χ0n) is 10.4. The van der Waals surface area contributed by atoms with Crippen molar-refractivity contribution < 1.29 is 9.53 Å². The van der Waals surface area contributed by atoms with Crippen LogP contribution in [0.2, 0.25) is 0 Å². The zero-order valence-corrected chi connectivity index (χ0v) is 10.4. The maximum Gasteiger partial charge on any atom is 0.323 e. The molecule has 0 amide bonds. The van der Waals surface area contributed by atoms with Gasteiger partial charge in [0.15, 0.2) is 0 Å². The second kappa shape index (κ2) is 5.32. The van der Waals surface area contributed by atoms with Crippen molar-refractivity contribution in [3.05, 3.63) is 35.9 Å². The maximum absolute atomic E-state index is 11.7. The highest BCUT2D eigenvalue weighted by Gasteiger charge is 2.38. The highest BCUT2D eigenvalue weighted by molar-refractivity contribution is 5.76. The summed E-state index contributed by atoms with van der Waals surface area (Å²) in [6, 6.07) is 10.5. The van der Waals surface area contributed by atoms with E-state index in [0.29, 0.717) is 6.61 Å². The Hall–Kier alpha value is -1.35. The largest absolute Gasteiger partial charge is 0.465 e. The summed E-state index contributed by atoms with van der Waals surface area (Å²) in [6.45, 7) is 5.42. The summed E-state index contributed by atoms with van der Waals surface area (Å²) in [4.78, 5) is 13.9. The number of ether oxygens (including phenoxy) is 1. The molecule has 3 heteroatoms. The average molecular weight is 233 g/mol. The number of rotatable bonds is 4. The smallest absolute Gasteiger partial charge is 0.323 e. The summed E-state index contributed by atoms with van der Waals surface area (Å²) < 4.78 is 5.08. The maximum atomic E-state index is 11.7. The fourth-order valence-electron chi connectivity index (χ4n) is 2.29. The molecule has 92 valence electrons. The molecule has 0 aliphatic carbocycles. The molecule has 1 aromatic carbocycles. The topological polar surface area (TPSA) is 29.5 Å². The lowest BCUT2D eigenvalue weighted by Crippen LogP contribution is -2.53. The molecule has 0 aromatic heterocycles. The van der Waals surface area contributed by atoms with Gasteiger partial charge in [-0.1, -0.05) is 30.3 Å². The van der Waals surface area contributed by atoms with Crippen LogP contribution < -0.4 is 0 Å². The monoisotopic (exact) mass is 233 g/mol. The van der Waals surface area contributed by atoms with Crippen molar-refractivity contribution in [1.29, 1.82) is 0 Å². The van der Waals surface area contributed by atoms with E-state index < -0.39 is 0 Å². The highest BCUT2D eigenvalue weighted by Crippen LogP contribution is 2.30. The van der Waals surface area contributed by atoms with E-state index in [0.717, 1.165) is 13.0 Å². The third-order valence-corrected chi connectivity index (χ3v) is 3.40. The minimum absolute atomic E-state index is 0.0508. The minimum atomic E-state index is -0.0819. The van der Waals surface area contributed by atoms with Crippen LogP contribution in [0.3, 0.4) is 0 Å². The SMILES string of the molecule is CCOC(=O)[C@@H]1CCN1[C@@H](C)c1ccccc1. The molecule has 1 aromatic rings. The van der Waals surface area contributed by atoms with E-state index in [1.54, 1.807) is 0 Å². The van der Waals surface area contributed by atoms with Crippen molar-refractivity contribution in [2.45, 2.75) is 32.4 Å². The van der Waals surface area contributed by atoms with Gasteiger partial charge in [0.05, 0.1) is 6.61 Å². The first-order valence-corrected chi connectivity index (χ1v) is 6.21. The predicted molar refractivity (Wildman–Crippen MR) is 66.6 cm³/mol. The van der Waals surface area contributed by atoms with E-state index >= 15 is 0 Å². The van der Waals surface area contributed by atoms with Crippen molar-refractivity contribution in [2.75, 3.05) is 13.2 Å². The van der Waals surface area contributed by atoms with Gasteiger partial charge in [0.1, 0.15) is 6.04 Å². The predicted octanol–water partition coefficient (Wildman–Crippen LogP) is 2.39. The second-order valence-electron chi connectivity index (χ2n) is 4.38. The Morgan fingerprint density at radius 1 is 1.47 bits per heavy atom. The van der Waals surface area contributed by atoms with Crippen LogP contribution in [-0.4, -0.2) is 30.1 Å². The van der Waals surface area contributed by atoms with Gasteiger partial charge in [0.25, 0.3) is 0 Å². The number of nitrogens with zero attached hydrogens (tertiary/aromatic N) is 1. The molecule has 0 N–H and O–H groups in total. The van der Waals surface area contributed by atoms with E-state index in [9.17, 15) is 4.79 Å². The fourth-order valence-corrected chi connectivity index (χ4v) is 2.29. The quantitative estimate of drug-likeness (QED) is 0.748. The Labute approximate surface area is 102 Å². The standard InChI is InChI=1S/C14H19NO2/c1-3-17-14(16)13-9-10-15(13)11(2)12-7-5-4-6-8-12/h4-8,11,13H,3,9-10H2,1-2H3/t11-,13-/m0/s1. The molecule has 0 radical (unpaired) electrons. The van der Waals surface area contributed by atoms with Crippen LogP contribution in [0.1, 0.15) is 31.9 Å². The Morgan fingerprint density at radius 2 is 2.18 bits per heavy atom. The Bertz CT molecular complexity index is 377. The van der Waals surface area contributed by atoms with Crippen molar-refractivity contribution in [2.24, 2.45) is 0 Å². The van der Waals surface area contributed by atoms with Gasteiger partial charge in [-0.3, -0.25) is 9.69 Å². The Balaban J connectivity index is 2.01. The van der Waals surface area contributed by atoms with Gasteiger partial charge in [0.2, 0.25) is 0 Å². The molecule has 0 saturated carbocycles. The molecule has 1 saturated heterocycles. The first-order valence-electron chi connectivity index (χ1n) is 6.21. The lowest BCUT2D eigenvalue weighted by atomic mass is 9.96. The normalized spacial score (nSPS) is 21.6. The lowest BCUT2D eigenvalue weighted by molar-refractivity contribution is -0.156. The van der Waals surface area contributed by atoms with Gasteiger partial charge in [0, 0.05) is 12.6 Å². The molecule has 2 rings (SSSR count). The summed E-state index contributed by atoms with van der Waals surface area (Å²) in [5, 5.41) is 0. The molecule has 1 heterocycles. The van der Waals surface area contributed by atoms with Gasteiger partial charge < -0.3 is 4.74 Å². The summed E-state index contributed by atoms with van der Waals surface area (Å²) in [6.07, 6.45) is 0.913. The molecule has 0 unspecified atom stereocenters. The molecule has 1 aliphatic rings. The van der Waals surface area contributed by atoms with Crippen molar-refractivity contribution in [3.63, 3.8) is 0 Å². The number of esters is 1. The van der Waals surface area contributed by atoms with Gasteiger partial charge in [-0.15, -0.1) is 0 Å². The van der Waals surface area contributed by atoms with Gasteiger partial charge >= 0.3 is 5.97 Å². The molecule has 2 atom stereocenters.